The van der Waals surface area contributed by atoms with Gasteiger partial charge < -0.3 is 25.7 Å². The highest BCUT2D eigenvalue weighted by molar-refractivity contribution is 5.86. The Hall–Kier alpha value is -1.83. The highest BCUT2D eigenvalue weighted by Gasteiger charge is 2.25. The lowest BCUT2D eigenvalue weighted by Gasteiger charge is -2.29. The number of hydrogen-bond donors (Lipinski definition) is 4. The van der Waals surface area contributed by atoms with Crippen molar-refractivity contribution in [3.63, 3.8) is 0 Å². The number of nitrogens with one attached hydrogen (secondary N) is 2. The summed E-state index contributed by atoms with van der Waals surface area (Å²) in [5.41, 5.74) is 0. The quantitative estimate of drug-likeness (QED) is 0.526. The molecule has 0 bridgehead atoms. The van der Waals surface area contributed by atoms with Gasteiger partial charge in [-0.15, -0.1) is 0 Å². The van der Waals surface area contributed by atoms with E-state index in [9.17, 15) is 14.4 Å². The maximum atomic E-state index is 11.6. The molecule has 108 valence electrons. The number of hydrogen-bond acceptors (Lipinski definition) is 4. The number of aliphatic carboxylic acids is 2. The SMILES string of the molecule is CN1CCC(NC(=O)N[C@@H](CC(=O)O)C(=O)O)CC1. The van der Waals surface area contributed by atoms with Crippen LogP contribution in [0.15, 0.2) is 0 Å². The summed E-state index contributed by atoms with van der Waals surface area (Å²) in [5.74, 6) is -2.63. The van der Waals surface area contributed by atoms with Crippen LogP contribution in [0.5, 0.6) is 0 Å². The van der Waals surface area contributed by atoms with E-state index in [1.165, 1.54) is 0 Å². The fourth-order valence-electron chi connectivity index (χ4n) is 1.91. The van der Waals surface area contributed by atoms with E-state index in [1.54, 1.807) is 0 Å². The molecular formula is C11H19N3O5. The van der Waals surface area contributed by atoms with E-state index >= 15 is 0 Å². The molecule has 0 aromatic rings. The van der Waals surface area contributed by atoms with Crippen molar-refractivity contribution in [3.05, 3.63) is 0 Å². The summed E-state index contributed by atoms with van der Waals surface area (Å²) >= 11 is 0. The van der Waals surface area contributed by atoms with Crippen molar-refractivity contribution >= 4 is 18.0 Å². The molecule has 0 aromatic heterocycles. The number of rotatable bonds is 5. The summed E-state index contributed by atoms with van der Waals surface area (Å²) in [7, 11) is 1.99. The summed E-state index contributed by atoms with van der Waals surface area (Å²) in [6.07, 6.45) is 0.942. The molecule has 0 radical (unpaired) electrons. The number of carbonyl (C=O) groups excluding carboxylic acids is 1. The van der Waals surface area contributed by atoms with Crippen molar-refractivity contribution in [2.75, 3.05) is 20.1 Å². The molecule has 1 atom stereocenters. The van der Waals surface area contributed by atoms with E-state index in [-0.39, 0.29) is 6.04 Å². The van der Waals surface area contributed by atoms with Gasteiger partial charge in [0.2, 0.25) is 0 Å². The van der Waals surface area contributed by atoms with Crippen LogP contribution >= 0.6 is 0 Å². The highest BCUT2D eigenvalue weighted by Crippen LogP contribution is 2.07. The van der Waals surface area contributed by atoms with E-state index < -0.39 is 30.4 Å². The van der Waals surface area contributed by atoms with Crippen LogP contribution in [0.2, 0.25) is 0 Å². The number of carboxylic acid groups (broad SMARTS) is 2. The van der Waals surface area contributed by atoms with Crippen LogP contribution in [0, 0.1) is 0 Å². The average molecular weight is 273 g/mol. The third kappa shape index (κ3) is 5.56. The molecule has 1 rings (SSSR count). The standard InChI is InChI=1S/C11H19N3O5/c1-14-4-2-7(3-5-14)12-11(19)13-8(10(17)18)6-9(15)16/h7-8H,2-6H2,1H3,(H,15,16)(H,17,18)(H2,12,13,19)/t8-/m0/s1. The lowest BCUT2D eigenvalue weighted by molar-refractivity contribution is -0.145. The molecule has 8 heteroatoms. The van der Waals surface area contributed by atoms with Crippen molar-refractivity contribution in [3.8, 4) is 0 Å². The smallest absolute Gasteiger partial charge is 0.326 e. The lowest BCUT2D eigenvalue weighted by atomic mass is 10.1. The van der Waals surface area contributed by atoms with Crippen molar-refractivity contribution in [2.45, 2.75) is 31.3 Å². The molecular weight excluding hydrogens is 254 g/mol. The Kier molecular flexibility index (Phi) is 5.56. The largest absolute Gasteiger partial charge is 0.481 e. The Bertz CT molecular complexity index is 352. The monoisotopic (exact) mass is 273 g/mol. The van der Waals surface area contributed by atoms with Crippen LogP contribution in [0.1, 0.15) is 19.3 Å². The molecule has 19 heavy (non-hydrogen) atoms. The molecule has 4 N–H and O–H groups in total. The Morgan fingerprint density at radius 3 is 2.32 bits per heavy atom. The van der Waals surface area contributed by atoms with Gasteiger partial charge in [-0.25, -0.2) is 9.59 Å². The van der Waals surface area contributed by atoms with Gasteiger partial charge in [0, 0.05) is 6.04 Å². The Labute approximate surface area is 110 Å². The summed E-state index contributed by atoms with van der Waals surface area (Å²) in [4.78, 5) is 35.0. The minimum Gasteiger partial charge on any atom is -0.481 e. The molecule has 8 nitrogen and oxygen atoms in total. The van der Waals surface area contributed by atoms with Crippen LogP contribution in [-0.2, 0) is 9.59 Å². The molecule has 0 aromatic carbocycles. The summed E-state index contributed by atoms with van der Waals surface area (Å²) in [5, 5.41) is 22.2. The van der Waals surface area contributed by atoms with Gasteiger partial charge in [-0.05, 0) is 33.0 Å². The average Bonchev–Trinajstić information content (AvgIpc) is 2.30. The fraction of sp³-hybridized carbons (Fsp3) is 0.727. The lowest BCUT2D eigenvalue weighted by Crippen LogP contribution is -2.51. The van der Waals surface area contributed by atoms with Crippen LogP contribution in [0.4, 0.5) is 4.79 Å². The number of carbonyl (C=O) groups is 3. The minimum atomic E-state index is -1.41. The predicted molar refractivity (Wildman–Crippen MR) is 65.9 cm³/mol. The van der Waals surface area contributed by atoms with Crippen molar-refractivity contribution in [1.82, 2.24) is 15.5 Å². The van der Waals surface area contributed by atoms with Gasteiger partial charge in [0.15, 0.2) is 0 Å². The summed E-state index contributed by atoms with van der Waals surface area (Å²) in [6, 6.07) is -2.05. The van der Waals surface area contributed by atoms with E-state index in [0.717, 1.165) is 25.9 Å². The zero-order valence-electron chi connectivity index (χ0n) is 10.8. The molecule has 1 heterocycles. The van der Waals surface area contributed by atoms with Gasteiger partial charge in [0.1, 0.15) is 6.04 Å². The first kappa shape index (κ1) is 15.2. The van der Waals surface area contributed by atoms with Crippen LogP contribution in [-0.4, -0.2) is 65.3 Å². The second-order valence-corrected chi connectivity index (χ2v) is 4.68. The minimum absolute atomic E-state index is 0.00419. The Morgan fingerprint density at radius 2 is 1.84 bits per heavy atom. The zero-order valence-corrected chi connectivity index (χ0v) is 10.8. The van der Waals surface area contributed by atoms with Gasteiger partial charge in [0.25, 0.3) is 0 Å². The number of urea groups is 1. The second kappa shape index (κ2) is 6.93. The van der Waals surface area contributed by atoms with Crippen molar-refractivity contribution in [1.29, 1.82) is 0 Å². The molecule has 0 unspecified atom stereocenters. The molecule has 0 aliphatic carbocycles. The van der Waals surface area contributed by atoms with Gasteiger partial charge in [-0.3, -0.25) is 4.79 Å². The van der Waals surface area contributed by atoms with E-state index in [1.807, 2.05) is 7.05 Å². The van der Waals surface area contributed by atoms with Crippen molar-refractivity contribution in [2.24, 2.45) is 0 Å². The van der Waals surface area contributed by atoms with Crippen LogP contribution < -0.4 is 10.6 Å². The van der Waals surface area contributed by atoms with E-state index in [4.69, 9.17) is 10.2 Å². The Morgan fingerprint density at radius 1 is 1.26 bits per heavy atom. The van der Waals surface area contributed by atoms with Crippen LogP contribution in [0.3, 0.4) is 0 Å². The van der Waals surface area contributed by atoms with Crippen molar-refractivity contribution < 1.29 is 24.6 Å². The van der Waals surface area contributed by atoms with Gasteiger partial charge >= 0.3 is 18.0 Å². The zero-order chi connectivity index (χ0) is 14.4. The molecule has 1 fully saturated rings. The highest BCUT2D eigenvalue weighted by atomic mass is 16.4. The number of amides is 2. The molecule has 1 aliphatic rings. The number of likely N-dealkylation sites (tertiary alicyclic amines) is 1. The van der Waals surface area contributed by atoms with Crippen LogP contribution in [0.25, 0.3) is 0 Å². The molecule has 1 aliphatic heterocycles. The van der Waals surface area contributed by atoms with Gasteiger partial charge in [-0.1, -0.05) is 0 Å². The number of carboxylic acids is 2. The first-order valence-corrected chi connectivity index (χ1v) is 6.08. The summed E-state index contributed by atoms with van der Waals surface area (Å²) in [6.45, 7) is 1.73. The molecule has 1 saturated heterocycles. The predicted octanol–water partition coefficient (Wildman–Crippen LogP) is -0.692. The molecule has 2 amide bonds. The normalized spacial score (nSPS) is 18.6. The maximum absolute atomic E-state index is 11.6. The third-order valence-corrected chi connectivity index (χ3v) is 3.04. The molecule has 0 spiro atoms. The van der Waals surface area contributed by atoms with Gasteiger partial charge in [0.05, 0.1) is 6.42 Å². The molecule has 0 saturated carbocycles. The fourth-order valence-corrected chi connectivity index (χ4v) is 1.91. The van der Waals surface area contributed by atoms with Gasteiger partial charge in [-0.2, -0.15) is 0 Å². The number of nitrogens with zero attached hydrogens (tertiary/aromatic N) is 1. The van der Waals surface area contributed by atoms with E-state index in [2.05, 4.69) is 15.5 Å². The summed E-state index contributed by atoms with van der Waals surface area (Å²) < 4.78 is 0. The first-order chi connectivity index (χ1) is 8.88. The second-order valence-electron chi connectivity index (χ2n) is 4.68. The third-order valence-electron chi connectivity index (χ3n) is 3.04. The topological polar surface area (TPSA) is 119 Å². The Balaban J connectivity index is 2.40. The maximum Gasteiger partial charge on any atom is 0.326 e. The number of piperidine rings is 1. The van der Waals surface area contributed by atoms with E-state index in [0.29, 0.717) is 0 Å². The first-order valence-electron chi connectivity index (χ1n) is 6.08.